The van der Waals surface area contributed by atoms with Crippen LogP contribution in [0.5, 0.6) is 5.75 Å². The van der Waals surface area contributed by atoms with Gasteiger partial charge in [-0.1, -0.05) is 30.4 Å². The van der Waals surface area contributed by atoms with Gasteiger partial charge in [-0.25, -0.2) is 9.13 Å². The first-order valence-electron chi connectivity index (χ1n) is 8.20. The maximum Gasteiger partial charge on any atom is 0.169 e. The monoisotopic (exact) mass is 584 g/mol. The van der Waals surface area contributed by atoms with Crippen LogP contribution in [0.3, 0.4) is 0 Å². The van der Waals surface area contributed by atoms with Crippen molar-refractivity contribution in [1.29, 1.82) is 0 Å². The number of pyridine rings is 2. The van der Waals surface area contributed by atoms with Gasteiger partial charge >= 0.3 is 0 Å². The first-order chi connectivity index (χ1) is 12.1. The molecule has 27 heavy (non-hydrogen) atoms. The van der Waals surface area contributed by atoms with Crippen LogP contribution in [0.1, 0.15) is 22.3 Å². The van der Waals surface area contributed by atoms with E-state index >= 15 is 0 Å². The van der Waals surface area contributed by atoms with Crippen molar-refractivity contribution in [2.45, 2.75) is 0 Å². The van der Waals surface area contributed by atoms with Gasteiger partial charge in [0, 0.05) is 29.8 Å². The molecular weight excluding hydrogens is 562 g/mol. The number of nitrogens with zero attached hydrogens (tertiary/aromatic N) is 2. The summed E-state index contributed by atoms with van der Waals surface area (Å²) in [4.78, 5) is 0. The average Bonchev–Trinajstić information content (AvgIpc) is 2.62. The Kier molecular flexibility index (Phi) is 9.65. The summed E-state index contributed by atoms with van der Waals surface area (Å²) in [6.45, 7) is 0. The molecule has 0 fully saturated rings. The molecule has 140 valence electrons. The zero-order valence-electron chi connectivity index (χ0n) is 15.3. The number of aromatic nitrogens is 2. The zero-order valence-corrected chi connectivity index (χ0v) is 19.6. The van der Waals surface area contributed by atoms with Crippen LogP contribution in [0.25, 0.3) is 24.3 Å². The molecule has 5 heteroatoms. The van der Waals surface area contributed by atoms with Gasteiger partial charge in [0.25, 0.3) is 0 Å². The Morgan fingerprint density at radius 3 is 1.59 bits per heavy atom. The third-order valence-electron chi connectivity index (χ3n) is 3.98. The van der Waals surface area contributed by atoms with Crippen LogP contribution >= 0.6 is 0 Å². The number of aromatic hydroxyl groups is 1. The fourth-order valence-electron chi connectivity index (χ4n) is 2.44. The molecule has 0 amide bonds. The fourth-order valence-corrected chi connectivity index (χ4v) is 2.44. The summed E-state index contributed by atoms with van der Waals surface area (Å²) < 4.78 is 3.99. The van der Waals surface area contributed by atoms with Gasteiger partial charge < -0.3 is 53.1 Å². The number of halogens is 2. The van der Waals surface area contributed by atoms with Gasteiger partial charge in [-0.05, 0) is 28.8 Å². The Morgan fingerprint density at radius 2 is 1.07 bits per heavy atom. The number of phenols is 1. The van der Waals surface area contributed by atoms with E-state index in [9.17, 15) is 5.11 Å². The highest BCUT2D eigenvalue weighted by atomic mass is 127. The van der Waals surface area contributed by atoms with Gasteiger partial charge in [0.2, 0.25) is 0 Å². The third-order valence-corrected chi connectivity index (χ3v) is 3.98. The second-order valence-corrected chi connectivity index (χ2v) is 6.08. The molecule has 1 aromatic carbocycles. The number of hydrogen-bond donors (Lipinski definition) is 1. The van der Waals surface area contributed by atoms with E-state index in [1.165, 1.54) is 0 Å². The van der Waals surface area contributed by atoms with Gasteiger partial charge in [0.1, 0.15) is 19.8 Å². The molecule has 2 heterocycles. The molecule has 0 aliphatic carbocycles. The number of rotatable bonds is 4. The van der Waals surface area contributed by atoms with Crippen molar-refractivity contribution in [3.05, 3.63) is 89.5 Å². The van der Waals surface area contributed by atoms with Crippen molar-refractivity contribution in [1.82, 2.24) is 0 Å². The summed E-state index contributed by atoms with van der Waals surface area (Å²) in [6.07, 6.45) is 16.1. The van der Waals surface area contributed by atoms with Crippen LogP contribution in [0.4, 0.5) is 0 Å². The molecule has 0 radical (unpaired) electrons. The lowest BCUT2D eigenvalue weighted by Crippen LogP contribution is -3.00. The van der Waals surface area contributed by atoms with Crippen LogP contribution in [0.2, 0.25) is 0 Å². The molecule has 2 aromatic heterocycles. The fraction of sp³-hybridized carbons (Fsp3) is 0.0909. The minimum atomic E-state index is 0. The molecule has 0 aliphatic heterocycles. The van der Waals surface area contributed by atoms with E-state index in [4.69, 9.17) is 0 Å². The molecule has 0 bridgehead atoms. The predicted molar refractivity (Wildman–Crippen MR) is 101 cm³/mol. The second-order valence-electron chi connectivity index (χ2n) is 6.08. The summed E-state index contributed by atoms with van der Waals surface area (Å²) in [6, 6.07) is 13.8. The van der Waals surface area contributed by atoms with Crippen molar-refractivity contribution >= 4 is 24.3 Å². The van der Waals surface area contributed by atoms with E-state index < -0.39 is 0 Å². The Bertz CT molecular complexity index is 918. The first kappa shape index (κ1) is 23.3. The Labute approximate surface area is 194 Å². The Morgan fingerprint density at radius 1 is 0.630 bits per heavy atom. The highest BCUT2D eigenvalue weighted by molar-refractivity contribution is 5.76. The SMILES string of the molecule is C[n+]1ccc(/C=C/c2ccc(O)c(/C=C/c3cc[n+](C)cc3)c2)cc1.[I-].[I-]. The number of aryl methyl sites for hydroxylation is 2. The molecule has 3 nitrogen and oxygen atoms in total. The summed E-state index contributed by atoms with van der Waals surface area (Å²) in [5.41, 5.74) is 4.08. The van der Waals surface area contributed by atoms with Crippen molar-refractivity contribution < 1.29 is 62.2 Å². The van der Waals surface area contributed by atoms with Crippen LogP contribution < -0.4 is 57.1 Å². The van der Waals surface area contributed by atoms with E-state index in [-0.39, 0.29) is 53.7 Å². The number of hydrogen-bond acceptors (Lipinski definition) is 1. The lowest BCUT2D eigenvalue weighted by atomic mass is 10.1. The van der Waals surface area contributed by atoms with E-state index in [2.05, 4.69) is 24.3 Å². The maximum atomic E-state index is 10.1. The minimum Gasteiger partial charge on any atom is -1.00 e. The summed E-state index contributed by atoms with van der Waals surface area (Å²) in [5.74, 6) is 0.279. The lowest BCUT2D eigenvalue weighted by Gasteiger charge is -2.01. The number of benzene rings is 1. The third kappa shape index (κ3) is 7.06. The lowest BCUT2D eigenvalue weighted by molar-refractivity contribution is -0.671. The predicted octanol–water partition coefficient (Wildman–Crippen LogP) is -2.61. The zero-order chi connectivity index (χ0) is 17.6. The molecule has 3 rings (SSSR count). The molecule has 0 saturated heterocycles. The largest absolute Gasteiger partial charge is 1.00 e. The molecule has 3 aromatic rings. The smallest absolute Gasteiger partial charge is 0.169 e. The van der Waals surface area contributed by atoms with Crippen molar-refractivity contribution in [2.24, 2.45) is 14.1 Å². The van der Waals surface area contributed by atoms with Crippen LogP contribution in [0, 0.1) is 0 Å². The standard InChI is InChI=1S/C22H21N2O.2HI/c1-23-13-9-18(10-14-23)3-4-20-6-8-22(25)21(17-20)7-5-19-11-15-24(2)16-12-19;;/h3-17H,1-2H3;2*1H/q+1;;/p-1. The second kappa shape index (κ2) is 11.2. The topological polar surface area (TPSA) is 28.0 Å². The Balaban J connectivity index is 0.00000182. The maximum absolute atomic E-state index is 10.1. The summed E-state index contributed by atoms with van der Waals surface area (Å²) >= 11 is 0. The minimum absolute atomic E-state index is 0. The molecular formula is C22H22I2N2O. The van der Waals surface area contributed by atoms with Crippen molar-refractivity contribution in [3.63, 3.8) is 0 Å². The summed E-state index contributed by atoms with van der Waals surface area (Å²) in [7, 11) is 3.99. The highest BCUT2D eigenvalue weighted by Gasteiger charge is 1.99. The normalized spacial score (nSPS) is 10.6. The van der Waals surface area contributed by atoms with Crippen molar-refractivity contribution in [3.8, 4) is 5.75 Å². The van der Waals surface area contributed by atoms with Gasteiger partial charge in [0.15, 0.2) is 24.8 Å². The van der Waals surface area contributed by atoms with E-state index in [0.717, 1.165) is 22.3 Å². The van der Waals surface area contributed by atoms with Gasteiger partial charge in [-0.2, -0.15) is 0 Å². The van der Waals surface area contributed by atoms with Gasteiger partial charge in [-0.3, -0.25) is 0 Å². The molecule has 0 aliphatic rings. The molecule has 0 saturated carbocycles. The number of phenolic OH excluding ortho intramolecular Hbond substituents is 1. The van der Waals surface area contributed by atoms with Crippen molar-refractivity contribution in [2.75, 3.05) is 0 Å². The Hall–Kier alpha value is -1.74. The molecule has 0 spiro atoms. The van der Waals surface area contributed by atoms with E-state index in [1.807, 2.05) is 84.4 Å². The van der Waals surface area contributed by atoms with E-state index in [1.54, 1.807) is 6.07 Å². The highest BCUT2D eigenvalue weighted by Crippen LogP contribution is 2.22. The van der Waals surface area contributed by atoms with E-state index in [0.29, 0.717) is 0 Å². The van der Waals surface area contributed by atoms with Gasteiger partial charge in [-0.15, -0.1) is 0 Å². The van der Waals surface area contributed by atoms with Gasteiger partial charge in [0.05, 0.1) is 0 Å². The average molecular weight is 584 g/mol. The summed E-state index contributed by atoms with van der Waals surface area (Å²) in [5, 5.41) is 10.1. The van der Waals surface area contributed by atoms with Crippen LogP contribution in [-0.2, 0) is 14.1 Å². The first-order valence-corrected chi connectivity index (χ1v) is 8.20. The molecule has 0 atom stereocenters. The molecule has 1 N–H and O–H groups in total. The quantitative estimate of drug-likeness (QED) is 0.265. The molecule has 0 unspecified atom stereocenters. The van der Waals surface area contributed by atoms with Crippen LogP contribution in [0.15, 0.2) is 67.3 Å². The van der Waals surface area contributed by atoms with Crippen LogP contribution in [-0.4, -0.2) is 5.11 Å².